The number of ether oxygens (including phenoxy) is 1. The average Bonchev–Trinajstić information content (AvgIpc) is 2.09. The third-order valence-corrected chi connectivity index (χ3v) is 1.44. The van der Waals surface area contributed by atoms with Gasteiger partial charge in [-0.05, 0) is 13.0 Å². The Labute approximate surface area is 99.0 Å². The molecule has 4 heteroatoms. The Kier molecular flexibility index (Phi) is 5.79. The van der Waals surface area contributed by atoms with Gasteiger partial charge in [0, 0.05) is 5.56 Å². The Hall–Kier alpha value is -0.510. The molecule has 13 heavy (non-hydrogen) atoms. The molecule has 0 aliphatic carbocycles. The van der Waals surface area contributed by atoms with Gasteiger partial charge in [-0.1, -0.05) is 17.9 Å². The van der Waals surface area contributed by atoms with E-state index in [9.17, 15) is 9.90 Å². The fourth-order valence-electron chi connectivity index (χ4n) is 0.895. The van der Waals surface area contributed by atoms with Crippen LogP contribution in [0.4, 0.5) is 0 Å². The Morgan fingerprint density at radius 1 is 1.54 bits per heavy atom. The second kappa shape index (κ2) is 6.02. The van der Waals surface area contributed by atoms with E-state index in [-0.39, 0.29) is 46.6 Å². The number of benzene rings is 1. The molecule has 0 amide bonds. The zero-order valence-electron chi connectivity index (χ0n) is 7.74. The SMILES string of the molecule is CCOc1cccc(C=O)c1[O-].[Na+]. The summed E-state index contributed by atoms with van der Waals surface area (Å²) in [6.07, 6.45) is 0.533. The van der Waals surface area contributed by atoms with Gasteiger partial charge in [0.1, 0.15) is 12.0 Å². The van der Waals surface area contributed by atoms with E-state index >= 15 is 0 Å². The van der Waals surface area contributed by atoms with Crippen molar-refractivity contribution in [1.29, 1.82) is 0 Å². The Morgan fingerprint density at radius 3 is 2.77 bits per heavy atom. The normalized spacial score (nSPS) is 8.69. The molecule has 3 nitrogen and oxygen atoms in total. The number of carbonyl (C=O) groups excluding carboxylic acids is 1. The number of rotatable bonds is 3. The third kappa shape index (κ3) is 3.03. The Morgan fingerprint density at radius 2 is 2.23 bits per heavy atom. The van der Waals surface area contributed by atoms with Crippen LogP contribution in [0.3, 0.4) is 0 Å². The van der Waals surface area contributed by atoms with Crippen LogP contribution in [0.2, 0.25) is 0 Å². The quantitative estimate of drug-likeness (QED) is 0.406. The number of carbonyl (C=O) groups is 1. The van der Waals surface area contributed by atoms with E-state index in [4.69, 9.17) is 4.74 Å². The van der Waals surface area contributed by atoms with E-state index in [0.29, 0.717) is 12.9 Å². The van der Waals surface area contributed by atoms with Gasteiger partial charge >= 0.3 is 29.6 Å². The number of hydrogen-bond donors (Lipinski definition) is 0. The zero-order valence-corrected chi connectivity index (χ0v) is 9.74. The molecule has 0 atom stereocenters. The minimum absolute atomic E-state index is 0. The fourth-order valence-corrected chi connectivity index (χ4v) is 0.895. The molecule has 0 fully saturated rings. The monoisotopic (exact) mass is 188 g/mol. The van der Waals surface area contributed by atoms with Crippen LogP contribution in [0.5, 0.6) is 11.5 Å². The van der Waals surface area contributed by atoms with Crippen molar-refractivity contribution in [2.75, 3.05) is 6.61 Å². The summed E-state index contributed by atoms with van der Waals surface area (Å²) < 4.78 is 5.01. The van der Waals surface area contributed by atoms with Gasteiger partial charge in [-0.3, -0.25) is 4.79 Å². The number of para-hydroxylation sites is 1. The molecule has 0 radical (unpaired) electrons. The van der Waals surface area contributed by atoms with Gasteiger partial charge in [0.25, 0.3) is 0 Å². The summed E-state index contributed by atoms with van der Waals surface area (Å²) in [5, 5.41) is 11.2. The maximum atomic E-state index is 11.2. The summed E-state index contributed by atoms with van der Waals surface area (Å²) in [5.41, 5.74) is 0.140. The first-order valence-electron chi connectivity index (χ1n) is 3.67. The predicted molar refractivity (Wildman–Crippen MR) is 42.4 cm³/mol. The molecule has 1 aromatic rings. The molecule has 0 heterocycles. The molecule has 0 aliphatic rings. The summed E-state index contributed by atoms with van der Waals surface area (Å²) in [5.74, 6) is -0.101. The van der Waals surface area contributed by atoms with E-state index in [1.165, 1.54) is 6.07 Å². The van der Waals surface area contributed by atoms with Crippen molar-refractivity contribution in [2.45, 2.75) is 6.92 Å². The van der Waals surface area contributed by atoms with Crippen molar-refractivity contribution in [2.24, 2.45) is 0 Å². The second-order valence-electron chi connectivity index (χ2n) is 2.23. The fraction of sp³-hybridized carbons (Fsp3) is 0.222. The van der Waals surface area contributed by atoms with E-state index in [1.807, 2.05) is 0 Å². The first-order valence-corrected chi connectivity index (χ1v) is 3.67. The van der Waals surface area contributed by atoms with Crippen molar-refractivity contribution < 1.29 is 44.2 Å². The zero-order chi connectivity index (χ0) is 8.97. The van der Waals surface area contributed by atoms with Crippen LogP contribution in [0.15, 0.2) is 18.2 Å². The standard InChI is InChI=1S/C9H10O3.Na/c1-2-12-8-5-3-4-7(6-10)9(8)11;/h3-6,11H,2H2,1H3;/q;+1/p-1. The van der Waals surface area contributed by atoms with Crippen LogP contribution >= 0.6 is 0 Å². The minimum atomic E-state index is -0.339. The molecule has 64 valence electrons. The first kappa shape index (κ1) is 12.5. The van der Waals surface area contributed by atoms with Gasteiger partial charge in [0.15, 0.2) is 0 Å². The molecule has 0 bridgehead atoms. The van der Waals surface area contributed by atoms with Crippen LogP contribution in [0.25, 0.3) is 0 Å². The number of aldehydes is 1. The third-order valence-electron chi connectivity index (χ3n) is 1.44. The molecule has 0 aliphatic heterocycles. The second-order valence-corrected chi connectivity index (χ2v) is 2.23. The molecule has 1 aromatic carbocycles. The van der Waals surface area contributed by atoms with Gasteiger partial charge in [-0.15, -0.1) is 0 Å². The van der Waals surface area contributed by atoms with Crippen molar-refractivity contribution in [3.63, 3.8) is 0 Å². The molecule has 0 N–H and O–H groups in total. The van der Waals surface area contributed by atoms with Crippen LogP contribution in [0.1, 0.15) is 17.3 Å². The summed E-state index contributed by atoms with van der Waals surface area (Å²) in [4.78, 5) is 10.3. The van der Waals surface area contributed by atoms with Crippen molar-refractivity contribution >= 4 is 6.29 Å². The van der Waals surface area contributed by atoms with Crippen LogP contribution in [0, 0.1) is 0 Å². The van der Waals surface area contributed by atoms with E-state index in [2.05, 4.69) is 0 Å². The summed E-state index contributed by atoms with van der Waals surface area (Å²) in [7, 11) is 0. The van der Waals surface area contributed by atoms with E-state index < -0.39 is 0 Å². The maximum absolute atomic E-state index is 11.2. The van der Waals surface area contributed by atoms with Crippen LogP contribution in [-0.2, 0) is 0 Å². The van der Waals surface area contributed by atoms with Crippen LogP contribution in [-0.4, -0.2) is 12.9 Å². The minimum Gasteiger partial charge on any atom is -0.869 e. The Balaban J connectivity index is 0.00000144. The van der Waals surface area contributed by atoms with Crippen molar-refractivity contribution in [3.05, 3.63) is 23.8 Å². The molecule has 0 saturated carbocycles. The Bertz CT molecular complexity index is 286. The predicted octanol–water partition coefficient (Wildman–Crippen LogP) is -2.02. The van der Waals surface area contributed by atoms with Gasteiger partial charge in [0.2, 0.25) is 0 Å². The van der Waals surface area contributed by atoms with E-state index in [0.717, 1.165) is 0 Å². The smallest absolute Gasteiger partial charge is 0.869 e. The topological polar surface area (TPSA) is 49.4 Å². The molecule has 0 aromatic heterocycles. The van der Waals surface area contributed by atoms with Gasteiger partial charge in [-0.25, -0.2) is 0 Å². The van der Waals surface area contributed by atoms with Crippen molar-refractivity contribution in [1.82, 2.24) is 0 Å². The molecule has 0 saturated heterocycles. The molecule has 1 rings (SSSR count). The average molecular weight is 188 g/mol. The summed E-state index contributed by atoms with van der Waals surface area (Å²) in [6.45, 7) is 2.21. The van der Waals surface area contributed by atoms with Crippen molar-refractivity contribution in [3.8, 4) is 11.5 Å². The first-order chi connectivity index (χ1) is 5.79. The largest absolute Gasteiger partial charge is 1.00 e. The van der Waals surface area contributed by atoms with Gasteiger partial charge < -0.3 is 9.84 Å². The van der Waals surface area contributed by atoms with E-state index in [1.54, 1.807) is 19.1 Å². The summed E-state index contributed by atoms with van der Waals surface area (Å²) in [6, 6.07) is 4.65. The maximum Gasteiger partial charge on any atom is 1.00 e. The number of hydrogen-bond acceptors (Lipinski definition) is 3. The molecule has 0 spiro atoms. The van der Waals surface area contributed by atoms with Gasteiger partial charge in [-0.2, -0.15) is 0 Å². The summed E-state index contributed by atoms with van der Waals surface area (Å²) >= 11 is 0. The molecule has 0 unspecified atom stereocenters. The van der Waals surface area contributed by atoms with Crippen LogP contribution < -0.4 is 39.4 Å². The molecular weight excluding hydrogens is 179 g/mol. The van der Waals surface area contributed by atoms with Gasteiger partial charge in [0.05, 0.1) is 6.61 Å². The molecular formula is C9H9NaO3.